The Hall–Kier alpha value is -0.280. The lowest BCUT2D eigenvalue weighted by Gasteiger charge is -2.07. The summed E-state index contributed by atoms with van der Waals surface area (Å²) in [6.45, 7) is 12.9. The highest BCUT2D eigenvalue weighted by molar-refractivity contribution is 4.45. The van der Waals surface area contributed by atoms with Crippen LogP contribution in [0.1, 0.15) is 13.8 Å². The van der Waals surface area contributed by atoms with E-state index >= 15 is 0 Å². The number of nitrogens with zero attached hydrogens (tertiary/aromatic N) is 1. The summed E-state index contributed by atoms with van der Waals surface area (Å²) in [6, 6.07) is 0. The summed E-state index contributed by atoms with van der Waals surface area (Å²) in [5, 5.41) is 4.32. The summed E-state index contributed by atoms with van der Waals surface area (Å²) < 4.78 is 31.8. The summed E-state index contributed by atoms with van der Waals surface area (Å²) in [5.41, 5.74) is 0. The van der Waals surface area contributed by atoms with Gasteiger partial charge in [-0.3, -0.25) is 0 Å². The van der Waals surface area contributed by atoms with Gasteiger partial charge in [0.1, 0.15) is 0 Å². The Morgan fingerprint density at radius 2 is 0.739 bits per heavy atom. The second kappa shape index (κ2) is 21.7. The van der Waals surface area contributed by atoms with Crippen molar-refractivity contribution in [3.63, 3.8) is 0 Å². The largest absolute Gasteiger partial charge is 0.379 e. The van der Waals surface area contributed by atoms with Crippen LogP contribution in [0, 0.1) is 0 Å². The molecule has 0 bridgehead atoms. The molecule has 0 aliphatic carbocycles. The fourth-order valence-corrected chi connectivity index (χ4v) is 1.54. The van der Waals surface area contributed by atoms with Crippen LogP contribution in [0.4, 0.5) is 0 Å². The Morgan fingerprint density at radius 1 is 0.435 bits per heavy atom. The first-order valence-electron chi connectivity index (χ1n) is 8.51. The monoisotopic (exact) mass is 336 g/mol. The van der Waals surface area contributed by atoms with Crippen LogP contribution in [0.15, 0.2) is 0 Å². The van der Waals surface area contributed by atoms with Crippen molar-refractivity contribution in [3.05, 3.63) is 0 Å². The van der Waals surface area contributed by atoms with Crippen molar-refractivity contribution in [1.29, 1.82) is 0 Å². The van der Waals surface area contributed by atoms with Gasteiger partial charge in [-0.15, -0.1) is 0 Å². The molecule has 0 fully saturated rings. The third-order valence-electron chi connectivity index (χ3n) is 2.68. The van der Waals surface area contributed by atoms with Gasteiger partial charge in [-0.05, 0) is 13.8 Å². The van der Waals surface area contributed by atoms with Gasteiger partial charge in [0.05, 0.1) is 66.1 Å². The molecule has 1 radical (unpaired) electrons. The minimum atomic E-state index is 0.594. The number of hydrogen-bond acceptors (Lipinski definition) is 6. The molecule has 139 valence electrons. The van der Waals surface area contributed by atoms with Crippen molar-refractivity contribution in [2.75, 3.05) is 92.4 Å². The molecular formula is C16H34NO6. The van der Waals surface area contributed by atoms with E-state index in [0.29, 0.717) is 79.2 Å². The van der Waals surface area contributed by atoms with E-state index in [1.165, 1.54) is 0 Å². The van der Waals surface area contributed by atoms with Gasteiger partial charge in [-0.2, -0.15) is 0 Å². The standard InChI is InChI=1S/C16H34NO6/c1-3-18-9-11-22-15-13-20-7-5-17-6-8-21-14-16-23-12-10-19-4-2/h3-16H2,1-2H3. The topological polar surface area (TPSA) is 69.5 Å². The van der Waals surface area contributed by atoms with Crippen LogP contribution >= 0.6 is 0 Å². The molecule has 0 heterocycles. The van der Waals surface area contributed by atoms with Crippen LogP contribution in [0.5, 0.6) is 0 Å². The second-order valence-electron chi connectivity index (χ2n) is 4.51. The highest BCUT2D eigenvalue weighted by Gasteiger charge is 1.94. The highest BCUT2D eigenvalue weighted by Crippen LogP contribution is 1.82. The van der Waals surface area contributed by atoms with Gasteiger partial charge in [0.2, 0.25) is 0 Å². The summed E-state index contributed by atoms with van der Waals surface area (Å²) in [5.74, 6) is 0. The first-order valence-corrected chi connectivity index (χ1v) is 8.51. The van der Waals surface area contributed by atoms with Crippen molar-refractivity contribution in [1.82, 2.24) is 5.32 Å². The molecule has 0 aliphatic heterocycles. The Kier molecular flexibility index (Phi) is 21.5. The molecule has 7 heteroatoms. The van der Waals surface area contributed by atoms with Gasteiger partial charge in [0, 0.05) is 26.3 Å². The lowest BCUT2D eigenvalue weighted by Crippen LogP contribution is -2.19. The van der Waals surface area contributed by atoms with Crippen LogP contribution < -0.4 is 5.32 Å². The number of ether oxygens (including phenoxy) is 6. The van der Waals surface area contributed by atoms with E-state index in [4.69, 9.17) is 28.4 Å². The molecule has 0 aromatic carbocycles. The van der Waals surface area contributed by atoms with Crippen LogP contribution in [0.3, 0.4) is 0 Å². The molecule has 7 nitrogen and oxygen atoms in total. The summed E-state index contributed by atoms with van der Waals surface area (Å²) in [4.78, 5) is 0. The molecule has 0 spiro atoms. The molecule has 0 unspecified atom stereocenters. The Labute approximate surface area is 140 Å². The van der Waals surface area contributed by atoms with Crippen LogP contribution in [-0.2, 0) is 28.4 Å². The molecule has 0 rings (SSSR count). The Morgan fingerprint density at radius 3 is 1.09 bits per heavy atom. The lowest BCUT2D eigenvalue weighted by molar-refractivity contribution is 0.0143. The zero-order valence-corrected chi connectivity index (χ0v) is 14.8. The number of rotatable bonds is 20. The lowest BCUT2D eigenvalue weighted by atomic mass is 10.6. The van der Waals surface area contributed by atoms with E-state index < -0.39 is 0 Å². The van der Waals surface area contributed by atoms with Gasteiger partial charge in [0.15, 0.2) is 0 Å². The SMILES string of the molecule is CCOCCOCCOCC[N]CCOCCOCCOCC. The van der Waals surface area contributed by atoms with Crippen molar-refractivity contribution in [2.45, 2.75) is 13.8 Å². The number of hydrogen-bond donors (Lipinski definition) is 0. The molecule has 0 atom stereocenters. The summed E-state index contributed by atoms with van der Waals surface area (Å²) >= 11 is 0. The average molecular weight is 336 g/mol. The third kappa shape index (κ3) is 21.7. The highest BCUT2D eigenvalue weighted by atomic mass is 16.5. The zero-order chi connectivity index (χ0) is 16.8. The molecule has 0 saturated carbocycles. The van der Waals surface area contributed by atoms with E-state index in [1.54, 1.807) is 0 Å². The van der Waals surface area contributed by atoms with E-state index in [1.807, 2.05) is 13.8 Å². The average Bonchev–Trinajstić information content (AvgIpc) is 2.57. The van der Waals surface area contributed by atoms with E-state index in [0.717, 1.165) is 13.2 Å². The van der Waals surface area contributed by atoms with E-state index in [2.05, 4.69) is 5.32 Å². The fraction of sp³-hybridized carbons (Fsp3) is 1.00. The van der Waals surface area contributed by atoms with Gasteiger partial charge in [-0.1, -0.05) is 0 Å². The maximum absolute atomic E-state index is 5.40. The molecule has 0 N–H and O–H groups in total. The summed E-state index contributed by atoms with van der Waals surface area (Å²) in [6.07, 6.45) is 0. The second-order valence-corrected chi connectivity index (χ2v) is 4.51. The van der Waals surface area contributed by atoms with Crippen molar-refractivity contribution >= 4 is 0 Å². The zero-order valence-electron chi connectivity index (χ0n) is 14.8. The molecule has 0 aromatic heterocycles. The quantitative estimate of drug-likeness (QED) is 0.305. The van der Waals surface area contributed by atoms with Gasteiger partial charge in [-0.25, -0.2) is 5.32 Å². The van der Waals surface area contributed by atoms with Crippen molar-refractivity contribution in [2.24, 2.45) is 0 Å². The Bertz CT molecular complexity index is 189. The van der Waals surface area contributed by atoms with Gasteiger partial charge in [0.25, 0.3) is 0 Å². The third-order valence-corrected chi connectivity index (χ3v) is 2.68. The van der Waals surface area contributed by atoms with Crippen LogP contribution in [-0.4, -0.2) is 92.4 Å². The Balaban J connectivity index is 2.92. The maximum Gasteiger partial charge on any atom is 0.0701 e. The predicted octanol–water partition coefficient (Wildman–Crippen LogP) is 0.730. The van der Waals surface area contributed by atoms with E-state index in [-0.39, 0.29) is 0 Å². The maximum atomic E-state index is 5.40. The fourth-order valence-electron chi connectivity index (χ4n) is 1.54. The van der Waals surface area contributed by atoms with Gasteiger partial charge >= 0.3 is 0 Å². The summed E-state index contributed by atoms with van der Waals surface area (Å²) in [7, 11) is 0. The van der Waals surface area contributed by atoms with E-state index in [9.17, 15) is 0 Å². The van der Waals surface area contributed by atoms with Gasteiger partial charge < -0.3 is 28.4 Å². The molecular weight excluding hydrogens is 302 g/mol. The van der Waals surface area contributed by atoms with Crippen LogP contribution in [0.25, 0.3) is 0 Å². The normalized spacial score (nSPS) is 11.2. The smallest absolute Gasteiger partial charge is 0.0701 e. The predicted molar refractivity (Wildman–Crippen MR) is 88.1 cm³/mol. The van der Waals surface area contributed by atoms with Crippen molar-refractivity contribution in [3.8, 4) is 0 Å². The minimum Gasteiger partial charge on any atom is -0.379 e. The first kappa shape index (κ1) is 22.7. The van der Waals surface area contributed by atoms with Crippen LogP contribution in [0.2, 0.25) is 0 Å². The molecule has 0 amide bonds. The molecule has 0 aliphatic rings. The first-order chi connectivity index (χ1) is 11.4. The molecule has 0 saturated heterocycles. The van der Waals surface area contributed by atoms with Crippen molar-refractivity contribution < 1.29 is 28.4 Å². The minimum absolute atomic E-state index is 0.594. The molecule has 23 heavy (non-hydrogen) atoms. The molecule has 0 aromatic rings.